The highest BCUT2D eigenvalue weighted by molar-refractivity contribution is 6.03. The van der Waals surface area contributed by atoms with Gasteiger partial charge in [0.2, 0.25) is 0 Å². The van der Waals surface area contributed by atoms with E-state index < -0.39 is 18.3 Å². The molecule has 3 atom stereocenters. The molecule has 2 aliphatic rings. The number of phenols is 2. The van der Waals surface area contributed by atoms with Crippen molar-refractivity contribution >= 4 is 5.78 Å². The maximum atomic E-state index is 12.8. The number of fused-ring (bicyclic) bond motifs is 2. The van der Waals surface area contributed by atoms with Crippen LogP contribution in [0.5, 0.6) is 23.0 Å². The van der Waals surface area contributed by atoms with Gasteiger partial charge in [-0.15, -0.1) is 0 Å². The van der Waals surface area contributed by atoms with E-state index in [1.54, 1.807) is 30.3 Å². The van der Waals surface area contributed by atoms with Crippen molar-refractivity contribution in [2.75, 3.05) is 0 Å². The summed E-state index contributed by atoms with van der Waals surface area (Å²) in [6, 6.07) is 8.14. The van der Waals surface area contributed by atoms with E-state index in [2.05, 4.69) is 6.08 Å². The van der Waals surface area contributed by atoms with Crippen LogP contribution in [0.3, 0.4) is 0 Å². The molecule has 30 heavy (non-hydrogen) atoms. The molecule has 0 radical (unpaired) electrons. The Hall–Kier alpha value is -2.99. The SMILES string of the molecule is CC(C)=CCC[C@H](O)[C@H]1Cc2c(cc3c(c2O)C(=O)C[C@@H](c2ccc(O)cc2)O3)O1. The van der Waals surface area contributed by atoms with Crippen LogP contribution in [0.15, 0.2) is 42.0 Å². The van der Waals surface area contributed by atoms with Gasteiger partial charge in [-0.1, -0.05) is 23.8 Å². The van der Waals surface area contributed by atoms with Crippen molar-refractivity contribution in [3.8, 4) is 23.0 Å². The van der Waals surface area contributed by atoms with E-state index in [4.69, 9.17) is 9.47 Å². The number of hydrogen-bond donors (Lipinski definition) is 3. The van der Waals surface area contributed by atoms with E-state index in [0.29, 0.717) is 24.2 Å². The Morgan fingerprint density at radius 1 is 1.13 bits per heavy atom. The van der Waals surface area contributed by atoms with Gasteiger partial charge in [-0.3, -0.25) is 4.79 Å². The van der Waals surface area contributed by atoms with Gasteiger partial charge in [0.15, 0.2) is 5.78 Å². The third-order valence-electron chi connectivity index (χ3n) is 5.64. The Morgan fingerprint density at radius 3 is 2.57 bits per heavy atom. The van der Waals surface area contributed by atoms with Gasteiger partial charge in [-0.25, -0.2) is 0 Å². The number of carbonyl (C=O) groups is 1. The molecule has 6 nitrogen and oxygen atoms in total. The van der Waals surface area contributed by atoms with E-state index in [0.717, 1.165) is 12.0 Å². The minimum atomic E-state index is -0.675. The van der Waals surface area contributed by atoms with Crippen molar-refractivity contribution in [1.82, 2.24) is 0 Å². The zero-order valence-corrected chi connectivity index (χ0v) is 17.1. The van der Waals surface area contributed by atoms with E-state index in [-0.39, 0.29) is 35.0 Å². The summed E-state index contributed by atoms with van der Waals surface area (Å²) in [5, 5.41) is 30.7. The summed E-state index contributed by atoms with van der Waals surface area (Å²) in [7, 11) is 0. The van der Waals surface area contributed by atoms with Gasteiger partial charge >= 0.3 is 0 Å². The van der Waals surface area contributed by atoms with E-state index in [1.165, 1.54) is 5.57 Å². The molecule has 0 saturated carbocycles. The standard InChI is InChI=1S/C24H26O6/c1-13(2)4-3-5-17(26)21-10-16-20(30-21)12-22-23(24(16)28)18(27)11-19(29-22)14-6-8-15(25)9-7-14/h4,6-9,12,17,19,21,25-26,28H,3,5,10-11H2,1-2H3/t17-,19-,21+/m0/s1. The molecule has 4 rings (SSSR count). The summed E-state index contributed by atoms with van der Waals surface area (Å²) in [5.74, 6) is 0.536. The first kappa shape index (κ1) is 20.3. The number of phenolic OH excluding ortho intramolecular Hbond substituents is 2. The third kappa shape index (κ3) is 3.87. The molecule has 2 aliphatic heterocycles. The van der Waals surface area contributed by atoms with E-state index >= 15 is 0 Å². The van der Waals surface area contributed by atoms with Gasteiger partial charge in [-0.05, 0) is 44.4 Å². The molecule has 0 spiro atoms. The molecular weight excluding hydrogens is 384 g/mol. The maximum absolute atomic E-state index is 12.8. The number of rotatable bonds is 5. The monoisotopic (exact) mass is 410 g/mol. The topological polar surface area (TPSA) is 96.2 Å². The fourth-order valence-corrected chi connectivity index (χ4v) is 4.02. The molecule has 2 aromatic rings. The van der Waals surface area contributed by atoms with E-state index in [9.17, 15) is 20.1 Å². The minimum Gasteiger partial charge on any atom is -0.508 e. The van der Waals surface area contributed by atoms with Crippen molar-refractivity contribution in [2.45, 2.75) is 57.8 Å². The highest BCUT2D eigenvalue weighted by Gasteiger charge is 2.37. The van der Waals surface area contributed by atoms with E-state index in [1.807, 2.05) is 13.8 Å². The summed E-state index contributed by atoms with van der Waals surface area (Å²) < 4.78 is 11.9. The lowest BCUT2D eigenvalue weighted by atomic mass is 9.92. The second-order valence-corrected chi connectivity index (χ2v) is 8.19. The molecule has 2 aromatic carbocycles. The lowest BCUT2D eigenvalue weighted by molar-refractivity contribution is 0.0445. The third-order valence-corrected chi connectivity index (χ3v) is 5.64. The van der Waals surface area contributed by atoms with Gasteiger partial charge < -0.3 is 24.8 Å². The van der Waals surface area contributed by atoms with Crippen LogP contribution >= 0.6 is 0 Å². The average Bonchev–Trinajstić information content (AvgIpc) is 3.12. The minimum absolute atomic E-state index is 0.0970. The fraction of sp³-hybridized carbons (Fsp3) is 0.375. The highest BCUT2D eigenvalue weighted by Crippen LogP contribution is 2.48. The Balaban J connectivity index is 1.55. The number of ketones is 1. The van der Waals surface area contributed by atoms with Crippen LogP contribution in [0.1, 0.15) is 60.7 Å². The molecule has 0 aromatic heterocycles. The van der Waals surface area contributed by atoms with Gasteiger partial charge in [0.25, 0.3) is 0 Å². The average molecular weight is 410 g/mol. The first-order valence-electron chi connectivity index (χ1n) is 10.2. The smallest absolute Gasteiger partial charge is 0.174 e. The van der Waals surface area contributed by atoms with Crippen molar-refractivity contribution < 1.29 is 29.6 Å². The Labute approximate surface area is 175 Å². The van der Waals surface area contributed by atoms with Gasteiger partial charge in [0.05, 0.1) is 12.5 Å². The van der Waals surface area contributed by atoms with Crippen LogP contribution in [-0.2, 0) is 6.42 Å². The lowest BCUT2D eigenvalue weighted by Gasteiger charge is -2.26. The second kappa shape index (κ2) is 8.03. The maximum Gasteiger partial charge on any atom is 0.174 e. The largest absolute Gasteiger partial charge is 0.508 e. The molecule has 2 heterocycles. The van der Waals surface area contributed by atoms with Crippen LogP contribution in [0.25, 0.3) is 0 Å². The molecule has 3 N–H and O–H groups in total. The predicted octanol–water partition coefficient (Wildman–Crippen LogP) is 4.22. The van der Waals surface area contributed by atoms with Crippen LogP contribution < -0.4 is 9.47 Å². The number of hydrogen-bond acceptors (Lipinski definition) is 6. The highest BCUT2D eigenvalue weighted by atomic mass is 16.5. The first-order valence-corrected chi connectivity index (χ1v) is 10.2. The van der Waals surface area contributed by atoms with Crippen molar-refractivity contribution in [1.29, 1.82) is 0 Å². The Bertz CT molecular complexity index is 988. The summed E-state index contributed by atoms with van der Waals surface area (Å²) in [6.45, 7) is 4.03. The molecule has 6 heteroatoms. The summed E-state index contributed by atoms with van der Waals surface area (Å²) in [5.41, 5.74) is 2.68. The summed E-state index contributed by atoms with van der Waals surface area (Å²) in [6.07, 6.45) is 2.17. The number of carbonyl (C=O) groups excluding carboxylic acids is 1. The zero-order chi connectivity index (χ0) is 21.4. The van der Waals surface area contributed by atoms with Crippen LogP contribution in [0.2, 0.25) is 0 Å². The quantitative estimate of drug-likeness (QED) is 0.639. The number of Topliss-reactive ketones (excluding diaryl/α,β-unsaturated/α-hetero) is 1. The van der Waals surface area contributed by atoms with Gasteiger partial charge in [-0.2, -0.15) is 0 Å². The van der Waals surface area contributed by atoms with Crippen molar-refractivity contribution in [2.24, 2.45) is 0 Å². The summed E-state index contributed by atoms with van der Waals surface area (Å²) >= 11 is 0. The van der Waals surface area contributed by atoms with Crippen LogP contribution in [0, 0.1) is 0 Å². The molecule has 0 amide bonds. The Morgan fingerprint density at radius 2 is 1.87 bits per heavy atom. The molecule has 0 aliphatic carbocycles. The van der Waals surface area contributed by atoms with Crippen LogP contribution in [-0.4, -0.2) is 33.3 Å². The lowest BCUT2D eigenvalue weighted by Crippen LogP contribution is -2.29. The first-order chi connectivity index (χ1) is 14.3. The number of ether oxygens (including phenoxy) is 2. The van der Waals surface area contributed by atoms with Crippen LogP contribution in [0.4, 0.5) is 0 Å². The zero-order valence-electron chi connectivity index (χ0n) is 17.1. The second-order valence-electron chi connectivity index (χ2n) is 8.19. The molecule has 158 valence electrons. The number of aliphatic hydroxyl groups excluding tert-OH is 1. The number of benzene rings is 2. The molecule has 0 unspecified atom stereocenters. The predicted molar refractivity (Wildman–Crippen MR) is 111 cm³/mol. The van der Waals surface area contributed by atoms with Crippen molar-refractivity contribution in [3.63, 3.8) is 0 Å². The molecule has 0 fully saturated rings. The van der Waals surface area contributed by atoms with Crippen molar-refractivity contribution in [3.05, 3.63) is 58.7 Å². The fourth-order valence-electron chi connectivity index (χ4n) is 4.02. The normalized spacial score (nSPS) is 20.6. The summed E-state index contributed by atoms with van der Waals surface area (Å²) in [4.78, 5) is 12.8. The Kier molecular flexibility index (Phi) is 5.43. The molecule has 0 bridgehead atoms. The number of aromatic hydroxyl groups is 2. The van der Waals surface area contributed by atoms with Gasteiger partial charge in [0, 0.05) is 18.1 Å². The number of aliphatic hydroxyl groups is 1. The van der Waals surface area contributed by atoms with Gasteiger partial charge in [0.1, 0.15) is 40.8 Å². The molecular formula is C24H26O6. The molecule has 0 saturated heterocycles. The number of allylic oxidation sites excluding steroid dienone is 2.